The lowest BCUT2D eigenvalue weighted by atomic mass is 10.0. The van der Waals surface area contributed by atoms with Gasteiger partial charge in [0.1, 0.15) is 0 Å². The first-order chi connectivity index (χ1) is 8.80. The van der Waals surface area contributed by atoms with Crippen molar-refractivity contribution in [2.45, 2.75) is 37.6 Å². The molecule has 0 aliphatic carbocycles. The van der Waals surface area contributed by atoms with Gasteiger partial charge in [0, 0.05) is 10.7 Å². The minimum atomic E-state index is -3.52. The normalized spacial score (nSPS) is 12.7. The fourth-order valence-corrected chi connectivity index (χ4v) is 5.86. The third-order valence-corrected chi connectivity index (χ3v) is 7.04. The third-order valence-electron chi connectivity index (χ3n) is 3.17. The van der Waals surface area contributed by atoms with Gasteiger partial charge < -0.3 is 0 Å². The van der Waals surface area contributed by atoms with Crippen LogP contribution in [0.5, 0.6) is 0 Å². The summed E-state index contributed by atoms with van der Waals surface area (Å²) < 4.78 is 27.9. The van der Waals surface area contributed by atoms with Gasteiger partial charge >= 0.3 is 0 Å². The van der Waals surface area contributed by atoms with E-state index in [-0.39, 0.29) is 0 Å². The molecular weight excluding hydrogens is 394 g/mol. The Morgan fingerprint density at radius 2 is 1.79 bits per heavy atom. The highest BCUT2D eigenvalue weighted by molar-refractivity contribution is 9.09. The van der Waals surface area contributed by atoms with Crippen molar-refractivity contribution in [3.63, 3.8) is 0 Å². The van der Waals surface area contributed by atoms with Crippen molar-refractivity contribution in [2.75, 3.05) is 10.7 Å². The molecule has 0 atom stereocenters. The van der Waals surface area contributed by atoms with Gasteiger partial charge in [-0.3, -0.25) is 0 Å². The van der Waals surface area contributed by atoms with E-state index in [0.29, 0.717) is 22.0 Å². The van der Waals surface area contributed by atoms with Crippen molar-refractivity contribution in [3.05, 3.63) is 29.3 Å². The van der Waals surface area contributed by atoms with E-state index in [1.807, 2.05) is 32.9 Å². The van der Waals surface area contributed by atoms with E-state index >= 15 is 0 Å². The van der Waals surface area contributed by atoms with Gasteiger partial charge in [0.15, 0.2) is 0 Å². The standard InChI is InChI=1S/C13H19Br2NO2S/c1-4-13(8-14,9-15)16-19(17,18)12-7-10(2)5-6-11(12)3/h5-7,16H,4,8-9H2,1-3H3. The van der Waals surface area contributed by atoms with Crippen LogP contribution < -0.4 is 4.72 Å². The van der Waals surface area contributed by atoms with Gasteiger partial charge in [0.25, 0.3) is 0 Å². The van der Waals surface area contributed by atoms with Crippen LogP contribution in [-0.4, -0.2) is 24.6 Å². The molecule has 19 heavy (non-hydrogen) atoms. The first-order valence-electron chi connectivity index (χ1n) is 6.03. The Bertz CT molecular complexity index is 531. The number of hydrogen-bond donors (Lipinski definition) is 1. The Labute approximate surface area is 132 Å². The van der Waals surface area contributed by atoms with Crippen molar-refractivity contribution in [1.29, 1.82) is 0 Å². The Morgan fingerprint density at radius 1 is 1.21 bits per heavy atom. The van der Waals surface area contributed by atoms with E-state index in [1.54, 1.807) is 6.07 Å². The maximum absolute atomic E-state index is 12.5. The molecule has 0 fully saturated rings. The molecule has 1 aromatic rings. The molecule has 0 aromatic heterocycles. The number of benzene rings is 1. The predicted octanol–water partition coefficient (Wildman–Crippen LogP) is 3.52. The quantitative estimate of drug-likeness (QED) is 0.726. The van der Waals surface area contributed by atoms with Crippen LogP contribution in [0.3, 0.4) is 0 Å². The first kappa shape index (κ1) is 17.1. The van der Waals surface area contributed by atoms with Crippen LogP contribution >= 0.6 is 31.9 Å². The number of hydrogen-bond acceptors (Lipinski definition) is 2. The molecule has 0 amide bonds. The van der Waals surface area contributed by atoms with E-state index < -0.39 is 15.6 Å². The Hall–Kier alpha value is 0.0900. The summed E-state index contributed by atoms with van der Waals surface area (Å²) in [5.74, 6) is 0. The van der Waals surface area contributed by atoms with E-state index in [2.05, 4.69) is 36.6 Å². The second kappa shape index (κ2) is 6.70. The molecule has 6 heteroatoms. The first-order valence-corrected chi connectivity index (χ1v) is 9.76. The molecule has 0 unspecified atom stereocenters. The lowest BCUT2D eigenvalue weighted by Gasteiger charge is -2.29. The molecule has 0 aliphatic rings. The van der Waals surface area contributed by atoms with Crippen molar-refractivity contribution in [3.8, 4) is 0 Å². The fraction of sp³-hybridized carbons (Fsp3) is 0.538. The van der Waals surface area contributed by atoms with Gasteiger partial charge in [-0.25, -0.2) is 13.1 Å². The molecule has 0 saturated carbocycles. The molecule has 0 radical (unpaired) electrons. The van der Waals surface area contributed by atoms with E-state index in [9.17, 15) is 8.42 Å². The zero-order valence-electron chi connectivity index (χ0n) is 11.3. The molecule has 1 aromatic carbocycles. The van der Waals surface area contributed by atoms with E-state index in [0.717, 1.165) is 11.1 Å². The number of alkyl halides is 2. The molecule has 1 rings (SSSR count). The summed E-state index contributed by atoms with van der Waals surface area (Å²) in [5, 5.41) is 1.12. The Balaban J connectivity index is 3.21. The summed E-state index contributed by atoms with van der Waals surface area (Å²) in [6.45, 7) is 5.67. The average molecular weight is 413 g/mol. The van der Waals surface area contributed by atoms with Crippen LogP contribution in [0.4, 0.5) is 0 Å². The molecule has 0 aliphatic heterocycles. The Kier molecular flexibility index (Phi) is 6.04. The maximum Gasteiger partial charge on any atom is 0.241 e. The molecule has 1 N–H and O–H groups in total. The summed E-state index contributed by atoms with van der Waals surface area (Å²) in [6.07, 6.45) is 0.702. The number of aryl methyl sites for hydroxylation is 2. The van der Waals surface area contributed by atoms with Gasteiger partial charge in [-0.05, 0) is 37.5 Å². The van der Waals surface area contributed by atoms with Gasteiger partial charge in [-0.15, -0.1) is 0 Å². The maximum atomic E-state index is 12.5. The number of rotatable bonds is 6. The van der Waals surface area contributed by atoms with Crippen LogP contribution in [0.25, 0.3) is 0 Å². The number of nitrogens with one attached hydrogen (secondary N) is 1. The second-order valence-electron chi connectivity index (χ2n) is 4.78. The van der Waals surface area contributed by atoms with Crippen LogP contribution in [0.1, 0.15) is 24.5 Å². The highest BCUT2D eigenvalue weighted by atomic mass is 79.9. The zero-order chi connectivity index (χ0) is 14.7. The lowest BCUT2D eigenvalue weighted by molar-refractivity contribution is 0.459. The Morgan fingerprint density at radius 3 is 2.26 bits per heavy atom. The van der Waals surface area contributed by atoms with Crippen LogP contribution in [-0.2, 0) is 10.0 Å². The van der Waals surface area contributed by atoms with Crippen molar-refractivity contribution >= 4 is 41.9 Å². The predicted molar refractivity (Wildman–Crippen MR) is 86.8 cm³/mol. The van der Waals surface area contributed by atoms with E-state index in [4.69, 9.17) is 0 Å². The molecule has 0 heterocycles. The third kappa shape index (κ3) is 4.03. The van der Waals surface area contributed by atoms with Crippen LogP contribution in [0.15, 0.2) is 23.1 Å². The minimum absolute atomic E-state index is 0.354. The summed E-state index contributed by atoms with van der Waals surface area (Å²) >= 11 is 6.79. The topological polar surface area (TPSA) is 46.2 Å². The molecule has 0 bridgehead atoms. The molecule has 108 valence electrons. The lowest BCUT2D eigenvalue weighted by Crippen LogP contribution is -2.51. The summed E-state index contributed by atoms with van der Waals surface area (Å²) in [6, 6.07) is 5.46. The molecule has 3 nitrogen and oxygen atoms in total. The van der Waals surface area contributed by atoms with Crippen molar-refractivity contribution in [2.24, 2.45) is 0 Å². The summed E-state index contributed by atoms with van der Waals surface area (Å²) in [7, 11) is -3.52. The minimum Gasteiger partial charge on any atom is -0.207 e. The SMILES string of the molecule is CCC(CBr)(CBr)NS(=O)(=O)c1cc(C)ccc1C. The van der Waals surface area contributed by atoms with Gasteiger partial charge in [-0.2, -0.15) is 0 Å². The highest BCUT2D eigenvalue weighted by Gasteiger charge is 2.32. The van der Waals surface area contributed by atoms with E-state index in [1.165, 1.54) is 0 Å². The smallest absolute Gasteiger partial charge is 0.207 e. The largest absolute Gasteiger partial charge is 0.241 e. The van der Waals surface area contributed by atoms with Crippen molar-refractivity contribution < 1.29 is 8.42 Å². The highest BCUT2D eigenvalue weighted by Crippen LogP contribution is 2.23. The summed E-state index contributed by atoms with van der Waals surface area (Å²) in [4.78, 5) is 0.354. The van der Waals surface area contributed by atoms with Crippen molar-refractivity contribution in [1.82, 2.24) is 4.72 Å². The summed E-state index contributed by atoms with van der Waals surface area (Å²) in [5.41, 5.74) is 1.19. The number of sulfonamides is 1. The number of halogens is 2. The second-order valence-corrected chi connectivity index (χ2v) is 7.55. The zero-order valence-corrected chi connectivity index (χ0v) is 15.3. The fourth-order valence-electron chi connectivity index (χ4n) is 1.69. The molecular formula is C13H19Br2NO2S. The molecule has 0 saturated heterocycles. The average Bonchev–Trinajstić information content (AvgIpc) is 2.39. The van der Waals surface area contributed by atoms with Crippen LogP contribution in [0, 0.1) is 13.8 Å². The van der Waals surface area contributed by atoms with Crippen LogP contribution in [0.2, 0.25) is 0 Å². The molecule has 0 spiro atoms. The van der Waals surface area contributed by atoms with Gasteiger partial charge in [0.2, 0.25) is 10.0 Å². The van der Waals surface area contributed by atoms with Gasteiger partial charge in [0.05, 0.1) is 10.4 Å². The van der Waals surface area contributed by atoms with Gasteiger partial charge in [-0.1, -0.05) is 50.9 Å². The monoisotopic (exact) mass is 411 g/mol.